The first-order valence-corrected chi connectivity index (χ1v) is 11.5. The van der Waals surface area contributed by atoms with Crippen LogP contribution in [0.3, 0.4) is 0 Å². The lowest BCUT2D eigenvalue weighted by atomic mass is 10.2. The van der Waals surface area contributed by atoms with E-state index in [9.17, 15) is 4.79 Å². The third kappa shape index (κ3) is 4.79. The first kappa shape index (κ1) is 20.6. The van der Waals surface area contributed by atoms with E-state index < -0.39 is 0 Å². The lowest BCUT2D eigenvalue weighted by Gasteiger charge is -2.34. The number of amides is 1. The van der Waals surface area contributed by atoms with Crippen LogP contribution in [-0.4, -0.2) is 57.0 Å². The number of hydrogen-bond acceptors (Lipinski definition) is 8. The second-order valence-corrected chi connectivity index (χ2v) is 8.51. The van der Waals surface area contributed by atoms with Crippen LogP contribution in [0.1, 0.15) is 18.0 Å². The maximum Gasteiger partial charge on any atom is 0.227 e. The van der Waals surface area contributed by atoms with Gasteiger partial charge in [-0.25, -0.2) is 4.98 Å². The maximum atomic E-state index is 12.6. The van der Waals surface area contributed by atoms with E-state index in [0.717, 1.165) is 41.7 Å². The van der Waals surface area contributed by atoms with Crippen molar-refractivity contribution in [2.24, 2.45) is 0 Å². The zero-order valence-corrected chi connectivity index (χ0v) is 18.3. The molecule has 5 rings (SSSR count). The largest absolute Gasteiger partial charge is 0.462 e. The van der Waals surface area contributed by atoms with Crippen molar-refractivity contribution in [2.45, 2.75) is 19.4 Å². The number of hydrogen-bond donors (Lipinski definition) is 0. The van der Waals surface area contributed by atoms with Crippen molar-refractivity contribution in [3.8, 4) is 22.2 Å². The van der Waals surface area contributed by atoms with E-state index in [2.05, 4.69) is 25.4 Å². The van der Waals surface area contributed by atoms with E-state index in [1.165, 1.54) is 0 Å². The van der Waals surface area contributed by atoms with Gasteiger partial charge in [-0.05, 0) is 12.1 Å². The number of aryl methyl sites for hydroxylation is 1. The summed E-state index contributed by atoms with van der Waals surface area (Å²) in [7, 11) is 0. The van der Waals surface area contributed by atoms with Crippen LogP contribution in [0.15, 0.2) is 63.0 Å². The molecular formula is C23H23N5O3S. The normalized spacial score (nSPS) is 14.7. The van der Waals surface area contributed by atoms with Gasteiger partial charge < -0.3 is 13.8 Å². The summed E-state index contributed by atoms with van der Waals surface area (Å²) in [5.41, 5.74) is 1.94. The fourth-order valence-corrected chi connectivity index (χ4v) is 4.49. The average molecular weight is 450 g/mol. The molecule has 1 aromatic carbocycles. The number of piperazine rings is 1. The number of nitrogens with zero attached hydrogens (tertiary/aromatic N) is 5. The lowest BCUT2D eigenvalue weighted by Crippen LogP contribution is -2.48. The Labute approximate surface area is 189 Å². The number of carbonyl (C=O) groups excluding carboxylic acids is 1. The van der Waals surface area contributed by atoms with Crippen LogP contribution >= 0.6 is 11.3 Å². The third-order valence-corrected chi connectivity index (χ3v) is 6.35. The van der Waals surface area contributed by atoms with Crippen molar-refractivity contribution in [1.29, 1.82) is 0 Å². The van der Waals surface area contributed by atoms with Gasteiger partial charge in [0, 0.05) is 56.5 Å². The van der Waals surface area contributed by atoms with E-state index in [1.54, 1.807) is 17.6 Å². The zero-order chi connectivity index (χ0) is 21.8. The molecule has 9 heteroatoms. The van der Waals surface area contributed by atoms with Gasteiger partial charge in [-0.2, -0.15) is 4.98 Å². The topological polar surface area (TPSA) is 88.5 Å². The van der Waals surface area contributed by atoms with Gasteiger partial charge in [-0.15, -0.1) is 11.3 Å². The van der Waals surface area contributed by atoms with Crippen LogP contribution in [0.2, 0.25) is 0 Å². The molecule has 1 saturated heterocycles. The SMILES string of the molecule is O=C(CCc1nc(-c2ccccc2)no1)N1CCN(Cc2csc(-c3ccco3)n2)CC1. The number of thiazole rings is 1. The summed E-state index contributed by atoms with van der Waals surface area (Å²) < 4.78 is 10.7. The summed E-state index contributed by atoms with van der Waals surface area (Å²) >= 11 is 1.59. The van der Waals surface area contributed by atoms with Crippen molar-refractivity contribution < 1.29 is 13.7 Å². The molecule has 0 aliphatic carbocycles. The van der Waals surface area contributed by atoms with Gasteiger partial charge in [-0.3, -0.25) is 9.69 Å². The third-order valence-electron chi connectivity index (χ3n) is 5.45. The Kier molecular flexibility index (Phi) is 6.09. The number of rotatable bonds is 7. The van der Waals surface area contributed by atoms with E-state index >= 15 is 0 Å². The Bertz CT molecular complexity index is 1150. The van der Waals surface area contributed by atoms with Crippen LogP contribution in [-0.2, 0) is 17.8 Å². The van der Waals surface area contributed by atoms with Gasteiger partial charge in [0.15, 0.2) is 10.8 Å². The standard InChI is InChI=1S/C23H23N5O3S/c29-21(9-8-20-25-22(26-31-20)17-5-2-1-3-6-17)28-12-10-27(11-13-28)15-18-16-32-23(24-18)19-7-4-14-30-19/h1-7,14,16H,8-13,15H2. The second kappa shape index (κ2) is 9.46. The quantitative estimate of drug-likeness (QED) is 0.425. The molecule has 0 bridgehead atoms. The molecule has 3 aromatic heterocycles. The highest BCUT2D eigenvalue weighted by Gasteiger charge is 2.22. The summed E-state index contributed by atoms with van der Waals surface area (Å²) in [5.74, 6) is 1.97. The molecule has 32 heavy (non-hydrogen) atoms. The van der Waals surface area contributed by atoms with Crippen molar-refractivity contribution in [3.05, 3.63) is 65.7 Å². The zero-order valence-electron chi connectivity index (χ0n) is 17.5. The lowest BCUT2D eigenvalue weighted by molar-refractivity contribution is -0.133. The van der Waals surface area contributed by atoms with Crippen molar-refractivity contribution in [2.75, 3.05) is 26.2 Å². The highest BCUT2D eigenvalue weighted by atomic mass is 32.1. The molecule has 0 radical (unpaired) electrons. The average Bonchev–Trinajstić information content (AvgIpc) is 3.60. The summed E-state index contributed by atoms with van der Waals surface area (Å²) in [6.07, 6.45) is 2.48. The van der Waals surface area contributed by atoms with E-state index in [0.29, 0.717) is 37.6 Å². The van der Waals surface area contributed by atoms with E-state index in [1.807, 2.05) is 47.4 Å². The highest BCUT2D eigenvalue weighted by Crippen LogP contribution is 2.24. The summed E-state index contributed by atoms with van der Waals surface area (Å²) in [6.45, 7) is 3.87. The minimum atomic E-state index is 0.123. The molecule has 4 heterocycles. The van der Waals surface area contributed by atoms with Crippen LogP contribution in [0, 0.1) is 0 Å². The molecule has 1 aliphatic rings. The molecule has 1 amide bonds. The van der Waals surface area contributed by atoms with Crippen LogP contribution in [0.25, 0.3) is 22.2 Å². The minimum Gasteiger partial charge on any atom is -0.462 e. The highest BCUT2D eigenvalue weighted by molar-refractivity contribution is 7.13. The molecule has 0 atom stereocenters. The molecule has 0 saturated carbocycles. The fraction of sp³-hybridized carbons (Fsp3) is 0.304. The number of benzene rings is 1. The van der Waals surface area contributed by atoms with Gasteiger partial charge in [0.05, 0.1) is 12.0 Å². The molecule has 0 N–H and O–H groups in total. The Morgan fingerprint density at radius 2 is 1.88 bits per heavy atom. The first-order chi connectivity index (χ1) is 15.7. The first-order valence-electron chi connectivity index (χ1n) is 10.6. The van der Waals surface area contributed by atoms with Crippen molar-refractivity contribution in [3.63, 3.8) is 0 Å². The smallest absolute Gasteiger partial charge is 0.227 e. The summed E-state index contributed by atoms with van der Waals surface area (Å²) in [6, 6.07) is 13.5. The monoisotopic (exact) mass is 449 g/mol. The van der Waals surface area contributed by atoms with Gasteiger partial charge in [0.25, 0.3) is 0 Å². The van der Waals surface area contributed by atoms with Gasteiger partial charge in [-0.1, -0.05) is 35.5 Å². The molecule has 1 fully saturated rings. The Morgan fingerprint density at radius 1 is 1.03 bits per heavy atom. The van der Waals surface area contributed by atoms with Gasteiger partial charge in [0.1, 0.15) is 0 Å². The van der Waals surface area contributed by atoms with Crippen LogP contribution < -0.4 is 0 Å². The molecule has 0 spiro atoms. The predicted octanol–water partition coefficient (Wildman–Crippen LogP) is 3.73. The van der Waals surface area contributed by atoms with Crippen LogP contribution in [0.4, 0.5) is 0 Å². The van der Waals surface area contributed by atoms with Crippen molar-refractivity contribution in [1.82, 2.24) is 24.9 Å². The molecule has 0 unspecified atom stereocenters. The summed E-state index contributed by atoms with van der Waals surface area (Å²) in [5, 5.41) is 6.99. The van der Waals surface area contributed by atoms with Crippen LogP contribution in [0.5, 0.6) is 0 Å². The van der Waals surface area contributed by atoms with Gasteiger partial charge in [0.2, 0.25) is 17.6 Å². The number of aromatic nitrogens is 3. The second-order valence-electron chi connectivity index (χ2n) is 7.66. The maximum absolute atomic E-state index is 12.6. The molecule has 8 nitrogen and oxygen atoms in total. The van der Waals surface area contributed by atoms with Crippen molar-refractivity contribution >= 4 is 17.2 Å². The molecular weight excluding hydrogens is 426 g/mol. The summed E-state index contributed by atoms with van der Waals surface area (Å²) in [4.78, 5) is 26.0. The van der Waals surface area contributed by atoms with E-state index in [-0.39, 0.29) is 5.91 Å². The molecule has 4 aromatic rings. The fourth-order valence-electron chi connectivity index (χ4n) is 3.71. The Hall–Kier alpha value is -3.30. The molecule has 1 aliphatic heterocycles. The minimum absolute atomic E-state index is 0.123. The number of furan rings is 1. The van der Waals surface area contributed by atoms with E-state index in [4.69, 9.17) is 8.94 Å². The Balaban J connectivity index is 1.08. The van der Waals surface area contributed by atoms with Gasteiger partial charge >= 0.3 is 0 Å². The molecule has 164 valence electrons. The number of carbonyl (C=O) groups is 1. The Morgan fingerprint density at radius 3 is 2.66 bits per heavy atom. The predicted molar refractivity (Wildman–Crippen MR) is 120 cm³/mol.